The highest BCUT2D eigenvalue weighted by Crippen LogP contribution is 2.31. The molecule has 1 aromatic heterocycles. The average Bonchev–Trinajstić information content (AvgIpc) is 3.11. The van der Waals surface area contributed by atoms with E-state index in [9.17, 15) is 14.7 Å². The molecular weight excluding hydrogens is 408 g/mol. The largest absolute Gasteiger partial charge is 0.481 e. The van der Waals surface area contributed by atoms with Gasteiger partial charge in [-0.3, -0.25) is 4.79 Å². The molecule has 3 N–H and O–H groups in total. The lowest BCUT2D eigenvalue weighted by Gasteiger charge is -2.21. The molecule has 0 aliphatic carbocycles. The Labute approximate surface area is 186 Å². The summed E-state index contributed by atoms with van der Waals surface area (Å²) >= 11 is 0. The quantitative estimate of drug-likeness (QED) is 0.457. The maximum Gasteiger partial charge on any atom is 0.317 e. The summed E-state index contributed by atoms with van der Waals surface area (Å²) < 4.78 is 5.63. The number of hydrogen-bond acceptors (Lipinski definition) is 5. The second-order valence-electron chi connectivity index (χ2n) is 8.06. The number of unbranched alkanes of at least 4 members (excludes halogenated alkanes) is 1. The van der Waals surface area contributed by atoms with Crippen LogP contribution in [0.3, 0.4) is 0 Å². The number of hydrogen-bond donors (Lipinski definition) is 3. The van der Waals surface area contributed by atoms with Crippen molar-refractivity contribution in [2.75, 3.05) is 25.0 Å². The molecule has 0 saturated heterocycles. The number of anilines is 1. The fraction of sp³-hybridized carbons (Fsp3) is 0.375. The summed E-state index contributed by atoms with van der Waals surface area (Å²) in [7, 11) is 0. The maximum atomic E-state index is 12.7. The Kier molecular flexibility index (Phi) is 6.89. The number of nitrogens with zero attached hydrogens (tertiary/aromatic N) is 2. The summed E-state index contributed by atoms with van der Waals surface area (Å²) in [6.07, 6.45) is 2.41. The third-order valence-electron chi connectivity index (χ3n) is 5.76. The molecule has 0 spiro atoms. The molecule has 0 radical (unpaired) electrons. The van der Waals surface area contributed by atoms with Crippen molar-refractivity contribution < 1.29 is 19.1 Å². The topological polar surface area (TPSA) is 108 Å². The van der Waals surface area contributed by atoms with Crippen molar-refractivity contribution in [1.82, 2.24) is 15.2 Å². The Balaban J connectivity index is 1.21. The smallest absolute Gasteiger partial charge is 0.317 e. The third kappa shape index (κ3) is 5.38. The van der Waals surface area contributed by atoms with Gasteiger partial charge in [0.05, 0.1) is 6.42 Å². The number of aliphatic carboxylic acids is 1. The van der Waals surface area contributed by atoms with Crippen molar-refractivity contribution in [3.05, 3.63) is 59.7 Å². The standard InChI is InChI=1S/C24H28N4O4/c29-22(30)15-17-11-14-28(16-18-7-1-2-8-19(17)18)24(31)26-13-6-5-12-25-23-27-20-9-3-4-10-21(20)32-23/h1-4,7-10,17H,5-6,11-16H2,(H,25,27)(H,26,31)(H,29,30). The van der Waals surface area contributed by atoms with Gasteiger partial charge in [-0.1, -0.05) is 36.4 Å². The molecule has 1 aliphatic rings. The molecule has 32 heavy (non-hydrogen) atoms. The molecule has 8 nitrogen and oxygen atoms in total. The van der Waals surface area contributed by atoms with Crippen LogP contribution in [-0.4, -0.2) is 46.6 Å². The minimum atomic E-state index is -0.811. The molecule has 2 aromatic carbocycles. The van der Waals surface area contributed by atoms with Gasteiger partial charge in [0.25, 0.3) is 6.01 Å². The number of aromatic nitrogens is 1. The fourth-order valence-corrected chi connectivity index (χ4v) is 4.12. The van der Waals surface area contributed by atoms with Crippen molar-refractivity contribution in [2.24, 2.45) is 0 Å². The molecule has 1 unspecified atom stereocenters. The monoisotopic (exact) mass is 436 g/mol. The van der Waals surface area contributed by atoms with Gasteiger partial charge in [0.1, 0.15) is 5.52 Å². The first-order valence-electron chi connectivity index (χ1n) is 11.0. The molecule has 0 saturated carbocycles. The van der Waals surface area contributed by atoms with Gasteiger partial charge in [-0.05, 0) is 48.4 Å². The number of oxazole rings is 1. The van der Waals surface area contributed by atoms with Crippen molar-refractivity contribution >= 4 is 29.1 Å². The number of carbonyl (C=O) groups excluding carboxylic acids is 1. The van der Waals surface area contributed by atoms with E-state index >= 15 is 0 Å². The summed E-state index contributed by atoms with van der Waals surface area (Å²) in [4.78, 5) is 30.1. The number of carbonyl (C=O) groups is 2. The predicted molar refractivity (Wildman–Crippen MR) is 122 cm³/mol. The van der Waals surface area contributed by atoms with Crippen LogP contribution in [0.4, 0.5) is 10.8 Å². The first kappa shape index (κ1) is 21.7. The zero-order valence-corrected chi connectivity index (χ0v) is 17.9. The Morgan fingerprint density at radius 2 is 1.88 bits per heavy atom. The van der Waals surface area contributed by atoms with Gasteiger partial charge in [0, 0.05) is 26.2 Å². The number of para-hydroxylation sites is 2. The second-order valence-corrected chi connectivity index (χ2v) is 8.06. The Morgan fingerprint density at radius 1 is 1.09 bits per heavy atom. The summed E-state index contributed by atoms with van der Waals surface area (Å²) in [6, 6.07) is 15.8. The van der Waals surface area contributed by atoms with E-state index in [2.05, 4.69) is 15.6 Å². The van der Waals surface area contributed by atoms with Crippen LogP contribution < -0.4 is 10.6 Å². The average molecular weight is 437 g/mol. The maximum absolute atomic E-state index is 12.7. The van der Waals surface area contributed by atoms with Crippen LogP contribution in [0.5, 0.6) is 0 Å². The highest BCUT2D eigenvalue weighted by molar-refractivity contribution is 5.75. The van der Waals surface area contributed by atoms with E-state index in [0.717, 1.165) is 35.1 Å². The van der Waals surface area contributed by atoms with E-state index < -0.39 is 5.97 Å². The van der Waals surface area contributed by atoms with Crippen LogP contribution in [-0.2, 0) is 11.3 Å². The SMILES string of the molecule is O=C(O)CC1CCN(C(=O)NCCCCNc2nc3ccccc3o2)Cc2ccccc21. The van der Waals surface area contributed by atoms with Gasteiger partial charge in [0.15, 0.2) is 5.58 Å². The third-order valence-corrected chi connectivity index (χ3v) is 5.76. The van der Waals surface area contributed by atoms with Crippen molar-refractivity contribution in [3.63, 3.8) is 0 Å². The number of urea groups is 1. The summed E-state index contributed by atoms with van der Waals surface area (Å²) in [6.45, 7) is 2.32. The summed E-state index contributed by atoms with van der Waals surface area (Å²) in [5, 5.41) is 15.4. The number of carboxylic acids is 1. The van der Waals surface area contributed by atoms with E-state index in [1.807, 2.05) is 48.5 Å². The molecule has 3 aromatic rings. The molecule has 2 heterocycles. The molecule has 4 rings (SSSR count). The molecule has 1 aliphatic heterocycles. The molecule has 168 valence electrons. The lowest BCUT2D eigenvalue weighted by molar-refractivity contribution is -0.137. The Hall–Kier alpha value is -3.55. The minimum Gasteiger partial charge on any atom is -0.481 e. The van der Waals surface area contributed by atoms with Crippen molar-refractivity contribution in [2.45, 2.75) is 38.1 Å². The summed E-state index contributed by atoms with van der Waals surface area (Å²) in [5.41, 5.74) is 3.64. The Morgan fingerprint density at radius 3 is 2.72 bits per heavy atom. The second kappa shape index (κ2) is 10.2. The number of carboxylic acid groups (broad SMARTS) is 1. The van der Waals surface area contributed by atoms with E-state index in [1.165, 1.54) is 0 Å². The lowest BCUT2D eigenvalue weighted by atomic mass is 9.90. The van der Waals surface area contributed by atoms with E-state index in [4.69, 9.17) is 4.42 Å². The van der Waals surface area contributed by atoms with Crippen LogP contribution in [0.1, 0.15) is 42.7 Å². The van der Waals surface area contributed by atoms with Crippen LogP contribution in [0, 0.1) is 0 Å². The molecule has 1 atom stereocenters. The number of nitrogens with one attached hydrogen (secondary N) is 2. The number of fused-ring (bicyclic) bond motifs is 2. The van der Waals surface area contributed by atoms with Gasteiger partial charge in [0.2, 0.25) is 0 Å². The van der Waals surface area contributed by atoms with E-state index in [-0.39, 0.29) is 18.4 Å². The fourth-order valence-electron chi connectivity index (χ4n) is 4.12. The first-order chi connectivity index (χ1) is 15.6. The highest BCUT2D eigenvalue weighted by atomic mass is 16.4. The molecule has 8 heteroatoms. The van der Waals surface area contributed by atoms with Crippen molar-refractivity contribution in [1.29, 1.82) is 0 Å². The van der Waals surface area contributed by atoms with Gasteiger partial charge >= 0.3 is 12.0 Å². The Bertz CT molecular complexity index is 1050. The number of rotatable bonds is 8. The molecule has 0 fully saturated rings. The van der Waals surface area contributed by atoms with Crippen LogP contribution in [0.15, 0.2) is 52.9 Å². The zero-order chi connectivity index (χ0) is 22.3. The first-order valence-corrected chi connectivity index (χ1v) is 11.0. The van der Waals surface area contributed by atoms with E-state index in [0.29, 0.717) is 38.6 Å². The molecule has 2 amide bonds. The van der Waals surface area contributed by atoms with Crippen LogP contribution in [0.2, 0.25) is 0 Å². The zero-order valence-electron chi connectivity index (χ0n) is 17.9. The highest BCUT2D eigenvalue weighted by Gasteiger charge is 2.26. The normalized spacial score (nSPS) is 15.8. The molecule has 0 bridgehead atoms. The lowest BCUT2D eigenvalue weighted by Crippen LogP contribution is -2.40. The number of benzene rings is 2. The van der Waals surface area contributed by atoms with Gasteiger partial charge in [-0.2, -0.15) is 4.98 Å². The minimum absolute atomic E-state index is 0.0700. The van der Waals surface area contributed by atoms with Crippen LogP contribution in [0.25, 0.3) is 11.1 Å². The van der Waals surface area contributed by atoms with Crippen LogP contribution >= 0.6 is 0 Å². The number of amides is 2. The predicted octanol–water partition coefficient (Wildman–Crippen LogP) is 4.19. The van der Waals surface area contributed by atoms with Gasteiger partial charge in [-0.25, -0.2) is 4.79 Å². The van der Waals surface area contributed by atoms with E-state index in [1.54, 1.807) is 4.90 Å². The molecular formula is C24H28N4O4. The summed E-state index contributed by atoms with van der Waals surface area (Å²) in [5.74, 6) is -0.881. The van der Waals surface area contributed by atoms with Crippen molar-refractivity contribution in [3.8, 4) is 0 Å². The van der Waals surface area contributed by atoms with Gasteiger partial charge in [-0.15, -0.1) is 0 Å². The van der Waals surface area contributed by atoms with Gasteiger partial charge < -0.3 is 25.1 Å².